The zero-order valence-electron chi connectivity index (χ0n) is 17.9. The molecule has 1 N–H and O–H groups in total. The number of hydrogen-bond donors (Lipinski definition) is 1. The van der Waals surface area contributed by atoms with Crippen molar-refractivity contribution >= 4 is 17.4 Å². The molecule has 2 heterocycles. The molecule has 0 saturated carbocycles. The monoisotopic (exact) mass is 434 g/mol. The second-order valence-electron chi connectivity index (χ2n) is 8.94. The van der Waals surface area contributed by atoms with E-state index in [1.54, 1.807) is 11.0 Å². The molecule has 166 valence electrons. The third-order valence-corrected chi connectivity index (χ3v) is 7.07. The maximum atomic E-state index is 13.6. The van der Waals surface area contributed by atoms with E-state index in [-0.39, 0.29) is 48.5 Å². The Bertz CT molecular complexity index is 1060. The van der Waals surface area contributed by atoms with E-state index >= 15 is 0 Å². The van der Waals surface area contributed by atoms with Gasteiger partial charge in [0.05, 0.1) is 18.7 Å². The zero-order valence-corrected chi connectivity index (χ0v) is 17.9. The van der Waals surface area contributed by atoms with Gasteiger partial charge in [-0.25, -0.2) is 4.39 Å². The SMILES string of the molecule is O=C(c1cccc(F)c1)N1CC(=O)N2[C@H](CO)[C@H](c3ccc(C4=CCCCC4)cc3)[C@@H]2C1. The molecular weight excluding hydrogens is 407 g/mol. The van der Waals surface area contributed by atoms with Gasteiger partial charge in [-0.3, -0.25) is 9.59 Å². The summed E-state index contributed by atoms with van der Waals surface area (Å²) in [5.74, 6) is -1.04. The molecule has 6 heteroatoms. The van der Waals surface area contributed by atoms with Gasteiger partial charge in [-0.05, 0) is 60.6 Å². The average molecular weight is 435 g/mol. The number of amides is 2. The van der Waals surface area contributed by atoms with Gasteiger partial charge in [-0.1, -0.05) is 36.4 Å². The summed E-state index contributed by atoms with van der Waals surface area (Å²) in [7, 11) is 0. The Balaban J connectivity index is 1.37. The van der Waals surface area contributed by atoms with Gasteiger partial charge in [0.1, 0.15) is 12.4 Å². The minimum Gasteiger partial charge on any atom is -0.394 e. The van der Waals surface area contributed by atoms with Gasteiger partial charge in [-0.15, -0.1) is 0 Å². The van der Waals surface area contributed by atoms with Gasteiger partial charge in [-0.2, -0.15) is 0 Å². The largest absolute Gasteiger partial charge is 0.394 e. The van der Waals surface area contributed by atoms with Crippen LogP contribution in [0.25, 0.3) is 5.57 Å². The van der Waals surface area contributed by atoms with Crippen molar-refractivity contribution in [3.8, 4) is 0 Å². The number of rotatable bonds is 4. The van der Waals surface area contributed by atoms with E-state index in [1.165, 1.54) is 47.1 Å². The van der Waals surface area contributed by atoms with Crippen LogP contribution in [0.4, 0.5) is 4.39 Å². The third-order valence-electron chi connectivity index (χ3n) is 7.07. The first-order chi connectivity index (χ1) is 15.6. The van der Waals surface area contributed by atoms with E-state index in [2.05, 4.69) is 30.3 Å². The number of allylic oxidation sites excluding steroid dienone is 2. The third kappa shape index (κ3) is 3.62. The van der Waals surface area contributed by atoms with Crippen LogP contribution < -0.4 is 0 Å². The Hall–Kier alpha value is -2.99. The van der Waals surface area contributed by atoms with Crippen LogP contribution in [0.2, 0.25) is 0 Å². The van der Waals surface area contributed by atoms with Crippen LogP contribution in [0, 0.1) is 5.82 Å². The molecular formula is C26H27FN2O3. The second kappa shape index (κ2) is 8.51. The van der Waals surface area contributed by atoms with Crippen LogP contribution in [-0.2, 0) is 4.79 Å². The van der Waals surface area contributed by atoms with Crippen molar-refractivity contribution in [3.63, 3.8) is 0 Å². The second-order valence-corrected chi connectivity index (χ2v) is 8.94. The predicted molar refractivity (Wildman–Crippen MR) is 119 cm³/mol. The Morgan fingerprint density at radius 1 is 1.12 bits per heavy atom. The van der Waals surface area contributed by atoms with Crippen molar-refractivity contribution in [2.24, 2.45) is 0 Å². The summed E-state index contributed by atoms with van der Waals surface area (Å²) >= 11 is 0. The van der Waals surface area contributed by atoms with Crippen LogP contribution in [0.15, 0.2) is 54.6 Å². The number of benzene rings is 2. The van der Waals surface area contributed by atoms with Gasteiger partial charge in [0.25, 0.3) is 5.91 Å². The van der Waals surface area contributed by atoms with E-state index in [0.29, 0.717) is 6.54 Å². The summed E-state index contributed by atoms with van der Waals surface area (Å²) in [6, 6.07) is 13.5. The Labute approximate surface area is 187 Å². The Kier molecular flexibility index (Phi) is 5.55. The number of hydrogen-bond acceptors (Lipinski definition) is 3. The summed E-state index contributed by atoms with van der Waals surface area (Å²) in [6.45, 7) is 0.203. The summed E-state index contributed by atoms with van der Waals surface area (Å²) in [6.07, 6.45) is 7.01. The molecule has 32 heavy (non-hydrogen) atoms. The number of fused-ring (bicyclic) bond motifs is 1. The summed E-state index contributed by atoms with van der Waals surface area (Å²) < 4.78 is 13.6. The zero-order chi connectivity index (χ0) is 22.2. The van der Waals surface area contributed by atoms with E-state index < -0.39 is 5.82 Å². The molecule has 0 radical (unpaired) electrons. The molecule has 3 atom stereocenters. The van der Waals surface area contributed by atoms with Gasteiger partial charge >= 0.3 is 0 Å². The molecule has 2 aromatic rings. The fraction of sp³-hybridized carbons (Fsp3) is 0.385. The molecule has 0 aromatic heterocycles. The maximum absolute atomic E-state index is 13.6. The van der Waals surface area contributed by atoms with Crippen molar-refractivity contribution in [1.82, 2.24) is 9.80 Å². The van der Waals surface area contributed by atoms with E-state index in [4.69, 9.17) is 0 Å². The minimum absolute atomic E-state index is 0.0403. The molecule has 0 spiro atoms. The first-order valence-electron chi connectivity index (χ1n) is 11.3. The summed E-state index contributed by atoms with van der Waals surface area (Å²) in [5, 5.41) is 9.99. The number of carbonyl (C=O) groups excluding carboxylic acids is 2. The predicted octanol–water partition coefficient (Wildman–Crippen LogP) is 3.59. The van der Waals surface area contributed by atoms with Gasteiger partial charge in [0.15, 0.2) is 0 Å². The smallest absolute Gasteiger partial charge is 0.254 e. The number of nitrogens with zero attached hydrogens (tertiary/aromatic N) is 2. The Morgan fingerprint density at radius 3 is 2.62 bits per heavy atom. The fourth-order valence-electron chi connectivity index (χ4n) is 5.48. The molecule has 0 unspecified atom stereocenters. The lowest BCUT2D eigenvalue weighted by atomic mass is 9.73. The van der Waals surface area contributed by atoms with Crippen molar-refractivity contribution in [2.45, 2.75) is 43.7 Å². The summed E-state index contributed by atoms with van der Waals surface area (Å²) in [4.78, 5) is 29.0. The van der Waals surface area contributed by atoms with E-state index in [1.807, 2.05) is 0 Å². The molecule has 2 saturated heterocycles. The quantitative estimate of drug-likeness (QED) is 0.800. The van der Waals surface area contributed by atoms with Crippen LogP contribution in [0.3, 0.4) is 0 Å². The van der Waals surface area contributed by atoms with Gasteiger partial charge < -0.3 is 14.9 Å². The van der Waals surface area contributed by atoms with Crippen molar-refractivity contribution in [2.75, 3.05) is 19.7 Å². The lowest BCUT2D eigenvalue weighted by Gasteiger charge is -2.58. The van der Waals surface area contributed by atoms with Crippen LogP contribution in [0.1, 0.15) is 53.1 Å². The molecule has 5 rings (SSSR count). The van der Waals surface area contributed by atoms with Crippen molar-refractivity contribution < 1.29 is 19.1 Å². The number of aliphatic hydroxyl groups is 1. The molecule has 2 aliphatic heterocycles. The topological polar surface area (TPSA) is 60.9 Å². The minimum atomic E-state index is -0.476. The fourth-order valence-corrected chi connectivity index (χ4v) is 5.48. The number of piperazine rings is 1. The van der Waals surface area contributed by atoms with Gasteiger partial charge in [0, 0.05) is 18.0 Å². The van der Waals surface area contributed by atoms with Gasteiger partial charge in [0.2, 0.25) is 5.91 Å². The molecule has 2 aromatic carbocycles. The highest BCUT2D eigenvalue weighted by Crippen LogP contribution is 2.43. The Morgan fingerprint density at radius 2 is 1.94 bits per heavy atom. The first kappa shape index (κ1) is 20.9. The van der Waals surface area contributed by atoms with E-state index in [0.717, 1.165) is 18.4 Å². The van der Waals surface area contributed by atoms with Crippen LogP contribution >= 0.6 is 0 Å². The highest BCUT2D eigenvalue weighted by Gasteiger charge is 2.54. The lowest BCUT2D eigenvalue weighted by Crippen LogP contribution is -2.73. The van der Waals surface area contributed by atoms with Crippen LogP contribution in [0.5, 0.6) is 0 Å². The highest BCUT2D eigenvalue weighted by atomic mass is 19.1. The van der Waals surface area contributed by atoms with Crippen molar-refractivity contribution in [3.05, 3.63) is 77.1 Å². The standard InChI is InChI=1S/C26H27FN2O3/c27-21-8-4-7-20(13-21)26(32)28-14-22-25(23(16-30)29(22)24(31)15-28)19-11-9-18(10-12-19)17-5-2-1-3-6-17/h4-5,7-13,22-23,25,30H,1-3,6,14-16H2/t22-,23+,25+/m0/s1. The number of carbonyl (C=O) groups is 2. The molecule has 1 aliphatic carbocycles. The first-order valence-corrected chi connectivity index (χ1v) is 11.3. The normalized spacial score (nSPS) is 25.1. The number of aliphatic hydroxyl groups excluding tert-OH is 1. The molecule has 3 aliphatic rings. The molecule has 2 amide bonds. The lowest BCUT2D eigenvalue weighted by molar-refractivity contribution is -0.159. The number of halogens is 1. The molecule has 2 fully saturated rings. The van der Waals surface area contributed by atoms with Crippen molar-refractivity contribution in [1.29, 1.82) is 0 Å². The summed E-state index contributed by atoms with van der Waals surface area (Å²) in [5.41, 5.74) is 3.92. The van der Waals surface area contributed by atoms with E-state index in [9.17, 15) is 19.1 Å². The molecule has 5 nitrogen and oxygen atoms in total. The maximum Gasteiger partial charge on any atom is 0.254 e. The van der Waals surface area contributed by atoms with Crippen LogP contribution in [-0.4, -0.2) is 58.5 Å². The highest BCUT2D eigenvalue weighted by molar-refractivity contribution is 5.97. The molecule has 0 bridgehead atoms. The average Bonchev–Trinajstić information content (AvgIpc) is 2.81.